The number of nitrogens with one attached hydrogen (secondary N) is 2. The van der Waals surface area contributed by atoms with Crippen molar-refractivity contribution >= 4 is 39.7 Å². The number of benzene rings is 4. The maximum absolute atomic E-state index is 11.8. The van der Waals surface area contributed by atoms with Gasteiger partial charge in [0.15, 0.2) is 12.5 Å². The Morgan fingerprint density at radius 3 is 2.26 bits per heavy atom. The number of nitrogens with zero attached hydrogens (tertiary/aromatic N) is 5. The number of carbonyl (C=O) groups excluding carboxylic acids is 1. The summed E-state index contributed by atoms with van der Waals surface area (Å²) >= 11 is 0. The fraction of sp³-hybridized carbons (Fsp3) is 0.200. The molecule has 0 radical (unpaired) electrons. The lowest BCUT2D eigenvalue weighted by molar-refractivity contribution is -0.108. The molecule has 1 saturated heterocycles. The zero-order chi connectivity index (χ0) is 28.8. The van der Waals surface area contributed by atoms with E-state index in [4.69, 9.17) is 9.97 Å². The number of carbonyl (C=O) groups is 1. The van der Waals surface area contributed by atoms with Gasteiger partial charge in [-0.3, -0.25) is 9.69 Å². The van der Waals surface area contributed by atoms with Crippen LogP contribution in [-0.4, -0.2) is 56.4 Å². The molecule has 4 aromatic carbocycles. The summed E-state index contributed by atoms with van der Waals surface area (Å²) in [6.45, 7) is 2.88. The number of aromatic amines is 1. The molecule has 1 fully saturated rings. The molecule has 6 aromatic rings. The lowest BCUT2D eigenvalue weighted by Gasteiger charge is -2.39. The minimum absolute atomic E-state index is 0.286. The fourth-order valence-corrected chi connectivity index (χ4v) is 6.59. The van der Waals surface area contributed by atoms with Crippen LogP contribution in [-0.2, 0) is 11.3 Å². The molecule has 0 amide bonds. The minimum atomic E-state index is -0.286. The van der Waals surface area contributed by atoms with E-state index in [-0.39, 0.29) is 6.17 Å². The van der Waals surface area contributed by atoms with Crippen molar-refractivity contribution in [2.75, 3.05) is 23.3 Å². The maximum Gasteiger partial charge on any atom is 0.162 e. The van der Waals surface area contributed by atoms with E-state index in [1.165, 1.54) is 5.56 Å². The number of imidazole rings is 1. The van der Waals surface area contributed by atoms with Crippen molar-refractivity contribution in [2.45, 2.75) is 31.6 Å². The topological polar surface area (TPSA) is 90.0 Å². The molecular formula is C35H31N7O. The van der Waals surface area contributed by atoms with Gasteiger partial charge in [0.25, 0.3) is 0 Å². The van der Waals surface area contributed by atoms with E-state index in [9.17, 15) is 4.79 Å². The van der Waals surface area contributed by atoms with E-state index in [1.54, 1.807) is 6.33 Å². The molecule has 212 valence electrons. The van der Waals surface area contributed by atoms with Crippen molar-refractivity contribution in [2.24, 2.45) is 0 Å². The lowest BCUT2D eigenvalue weighted by atomic mass is 10.00. The third-order valence-electron chi connectivity index (χ3n) is 8.75. The Labute approximate surface area is 249 Å². The Hall–Kier alpha value is -5.08. The van der Waals surface area contributed by atoms with Gasteiger partial charge in [-0.15, -0.1) is 0 Å². The van der Waals surface area contributed by atoms with Crippen LogP contribution in [0.4, 0.5) is 11.4 Å². The smallest absolute Gasteiger partial charge is 0.162 e. The normalized spacial score (nSPS) is 17.3. The standard InChI is InChI=1S/C35H31N7O/c43-21-33-38-27-8-4-5-9-32(27)42(33)26-14-16-41(17-15-26)20-23-10-12-25(13-11-23)35-34(24-6-2-1-3-7-24)39-30-18-28-29(37-22-36-28)19-31(30)40-35/h1-13,18-19,21-22,26,33,38H,14-17,20H2,(H,36,37). The predicted molar refractivity (Wildman–Crippen MR) is 171 cm³/mol. The fourth-order valence-electron chi connectivity index (χ4n) is 6.59. The molecule has 8 nitrogen and oxygen atoms in total. The molecule has 0 bridgehead atoms. The Balaban J connectivity index is 1.02. The maximum atomic E-state index is 11.8. The predicted octanol–water partition coefficient (Wildman–Crippen LogP) is 6.26. The molecule has 8 rings (SSSR count). The van der Waals surface area contributed by atoms with Crippen LogP contribution in [0.2, 0.25) is 0 Å². The van der Waals surface area contributed by atoms with Gasteiger partial charge in [0.1, 0.15) is 0 Å². The van der Waals surface area contributed by atoms with Gasteiger partial charge in [0, 0.05) is 36.8 Å². The van der Waals surface area contributed by atoms with Gasteiger partial charge in [0.05, 0.1) is 51.2 Å². The highest BCUT2D eigenvalue weighted by atomic mass is 16.1. The van der Waals surface area contributed by atoms with Crippen molar-refractivity contribution in [3.63, 3.8) is 0 Å². The number of H-pyrrole nitrogens is 1. The van der Waals surface area contributed by atoms with Crippen molar-refractivity contribution in [3.8, 4) is 22.5 Å². The Morgan fingerprint density at radius 2 is 1.49 bits per heavy atom. The summed E-state index contributed by atoms with van der Waals surface area (Å²) in [5.74, 6) is 0. The summed E-state index contributed by atoms with van der Waals surface area (Å²) in [6.07, 6.45) is 4.49. The van der Waals surface area contributed by atoms with Gasteiger partial charge in [0.2, 0.25) is 0 Å². The molecule has 4 heterocycles. The number of aldehydes is 1. The van der Waals surface area contributed by atoms with Crippen LogP contribution in [0.15, 0.2) is 97.3 Å². The summed E-state index contributed by atoms with van der Waals surface area (Å²) in [6, 6.07) is 31.6. The number of aromatic nitrogens is 4. The minimum Gasteiger partial charge on any atom is -0.358 e. The van der Waals surface area contributed by atoms with Crippen LogP contribution in [0.5, 0.6) is 0 Å². The van der Waals surface area contributed by atoms with Gasteiger partial charge in [-0.25, -0.2) is 15.0 Å². The summed E-state index contributed by atoms with van der Waals surface area (Å²) in [5, 5.41) is 3.36. The van der Waals surface area contributed by atoms with E-state index in [2.05, 4.69) is 73.6 Å². The van der Waals surface area contributed by atoms with E-state index in [0.29, 0.717) is 6.04 Å². The molecule has 2 aliphatic rings. The highest BCUT2D eigenvalue weighted by Gasteiger charge is 2.35. The Kier molecular flexibility index (Phi) is 6.34. The average Bonchev–Trinajstić information content (AvgIpc) is 3.68. The number of hydrogen-bond donors (Lipinski definition) is 2. The Bertz CT molecular complexity index is 1930. The molecule has 2 N–H and O–H groups in total. The average molecular weight is 566 g/mol. The zero-order valence-corrected chi connectivity index (χ0v) is 23.6. The number of rotatable bonds is 6. The highest BCUT2D eigenvalue weighted by molar-refractivity contribution is 5.94. The first-order chi connectivity index (χ1) is 21.2. The molecule has 1 unspecified atom stereocenters. The van der Waals surface area contributed by atoms with Crippen LogP contribution in [0, 0.1) is 0 Å². The highest BCUT2D eigenvalue weighted by Crippen LogP contribution is 2.38. The second-order valence-corrected chi connectivity index (χ2v) is 11.4. The van der Waals surface area contributed by atoms with Crippen molar-refractivity contribution in [3.05, 3.63) is 103 Å². The summed E-state index contributed by atoms with van der Waals surface area (Å²) in [7, 11) is 0. The van der Waals surface area contributed by atoms with Crippen molar-refractivity contribution in [1.29, 1.82) is 0 Å². The van der Waals surface area contributed by atoms with Gasteiger partial charge in [-0.1, -0.05) is 66.7 Å². The first-order valence-corrected chi connectivity index (χ1v) is 14.8. The number of hydrogen-bond acceptors (Lipinski definition) is 7. The molecule has 0 aliphatic carbocycles. The first kappa shape index (κ1) is 25.6. The van der Waals surface area contributed by atoms with E-state index >= 15 is 0 Å². The quantitative estimate of drug-likeness (QED) is 0.230. The van der Waals surface area contributed by atoms with Crippen LogP contribution >= 0.6 is 0 Å². The molecule has 1 atom stereocenters. The second kappa shape index (κ2) is 10.6. The second-order valence-electron chi connectivity index (χ2n) is 11.4. The van der Waals surface area contributed by atoms with E-state index < -0.39 is 0 Å². The number of piperidine rings is 1. The van der Waals surface area contributed by atoms with Gasteiger partial charge in [-0.2, -0.15) is 0 Å². The largest absolute Gasteiger partial charge is 0.358 e. The first-order valence-electron chi connectivity index (χ1n) is 14.8. The van der Waals surface area contributed by atoms with Crippen molar-refractivity contribution in [1.82, 2.24) is 24.8 Å². The number of para-hydroxylation sites is 2. The van der Waals surface area contributed by atoms with E-state index in [0.717, 1.165) is 94.7 Å². The van der Waals surface area contributed by atoms with Crippen LogP contribution in [0.25, 0.3) is 44.6 Å². The monoisotopic (exact) mass is 565 g/mol. The van der Waals surface area contributed by atoms with Gasteiger partial charge >= 0.3 is 0 Å². The van der Waals surface area contributed by atoms with Gasteiger partial charge in [-0.05, 0) is 42.7 Å². The SMILES string of the molecule is O=CC1Nc2ccccc2N1C1CCN(Cc2ccc(-c3nc4cc5[nH]cnc5cc4nc3-c3ccccc3)cc2)CC1. The van der Waals surface area contributed by atoms with Crippen LogP contribution in [0.3, 0.4) is 0 Å². The molecule has 0 saturated carbocycles. The number of anilines is 2. The molecular weight excluding hydrogens is 534 g/mol. The van der Waals surface area contributed by atoms with E-state index in [1.807, 2.05) is 42.5 Å². The van der Waals surface area contributed by atoms with Gasteiger partial charge < -0.3 is 15.2 Å². The Morgan fingerprint density at radius 1 is 0.791 bits per heavy atom. The molecule has 43 heavy (non-hydrogen) atoms. The third kappa shape index (κ3) is 4.70. The summed E-state index contributed by atoms with van der Waals surface area (Å²) in [5.41, 5.74) is 10.8. The summed E-state index contributed by atoms with van der Waals surface area (Å²) in [4.78, 5) is 34.4. The molecule has 0 spiro atoms. The summed E-state index contributed by atoms with van der Waals surface area (Å²) < 4.78 is 0. The van der Waals surface area contributed by atoms with Crippen LogP contribution < -0.4 is 10.2 Å². The lowest BCUT2D eigenvalue weighted by Crippen LogP contribution is -2.49. The van der Waals surface area contributed by atoms with Crippen molar-refractivity contribution < 1.29 is 4.79 Å². The zero-order valence-electron chi connectivity index (χ0n) is 23.6. The molecule has 2 aromatic heterocycles. The van der Waals surface area contributed by atoms with Crippen LogP contribution in [0.1, 0.15) is 18.4 Å². The molecule has 8 heteroatoms. The third-order valence-corrected chi connectivity index (χ3v) is 8.75. The molecule has 2 aliphatic heterocycles. The number of likely N-dealkylation sites (tertiary alicyclic amines) is 1. The number of fused-ring (bicyclic) bond motifs is 3.